The first-order valence-corrected chi connectivity index (χ1v) is 9.45. The number of benzene rings is 1. The van der Waals surface area contributed by atoms with Gasteiger partial charge in [-0.25, -0.2) is 14.8 Å². The van der Waals surface area contributed by atoms with Gasteiger partial charge in [-0.2, -0.15) is 0 Å². The van der Waals surface area contributed by atoms with Crippen LogP contribution in [0.2, 0.25) is 0 Å². The van der Waals surface area contributed by atoms with Gasteiger partial charge >= 0.3 is 6.03 Å². The zero-order chi connectivity index (χ0) is 20.1. The summed E-state index contributed by atoms with van der Waals surface area (Å²) in [4.78, 5) is 27.4. The third kappa shape index (κ3) is 4.67. The van der Waals surface area contributed by atoms with Crippen LogP contribution in [0.4, 0.5) is 22.0 Å². The maximum absolute atomic E-state index is 12.1. The molecule has 1 saturated heterocycles. The summed E-state index contributed by atoms with van der Waals surface area (Å²) in [6.45, 7) is 4.33. The van der Waals surface area contributed by atoms with Crippen molar-refractivity contribution < 1.29 is 9.53 Å². The summed E-state index contributed by atoms with van der Waals surface area (Å²) in [5.41, 5.74) is 2.24. The van der Waals surface area contributed by atoms with Gasteiger partial charge in [-0.15, -0.1) is 0 Å². The third-order valence-electron chi connectivity index (χ3n) is 4.64. The number of nitrogens with one attached hydrogen (secondary N) is 2. The number of nitrogens with zero attached hydrogens (tertiary/aromatic N) is 4. The maximum atomic E-state index is 12.1. The predicted molar refractivity (Wildman–Crippen MR) is 112 cm³/mol. The summed E-state index contributed by atoms with van der Waals surface area (Å²) in [5.74, 6) is 1.54. The van der Waals surface area contributed by atoms with Crippen LogP contribution in [0.15, 0.2) is 61.1 Å². The number of hydrogen-bond donors (Lipinski definition) is 2. The Morgan fingerprint density at radius 1 is 1.03 bits per heavy atom. The molecule has 2 N–H and O–H groups in total. The fourth-order valence-corrected chi connectivity index (χ4v) is 3.15. The molecular formula is C21H22N6O2. The van der Waals surface area contributed by atoms with E-state index in [2.05, 4.69) is 32.4 Å². The van der Waals surface area contributed by atoms with E-state index in [9.17, 15) is 4.79 Å². The van der Waals surface area contributed by atoms with Gasteiger partial charge < -0.3 is 20.3 Å². The highest BCUT2D eigenvalue weighted by Crippen LogP contribution is 2.22. The summed E-state index contributed by atoms with van der Waals surface area (Å²) in [5, 5.41) is 5.56. The molecule has 1 aliphatic rings. The molecule has 4 rings (SSSR count). The van der Waals surface area contributed by atoms with Crippen LogP contribution in [0.1, 0.15) is 6.92 Å². The van der Waals surface area contributed by atoms with Gasteiger partial charge in [0.05, 0.1) is 19.3 Å². The molecule has 1 atom stereocenters. The number of morpholine rings is 1. The normalized spacial score (nSPS) is 16.3. The molecule has 0 aliphatic carbocycles. The van der Waals surface area contributed by atoms with E-state index in [1.54, 1.807) is 30.7 Å². The predicted octanol–water partition coefficient (Wildman–Crippen LogP) is 3.41. The van der Waals surface area contributed by atoms with Crippen molar-refractivity contribution in [2.24, 2.45) is 0 Å². The van der Waals surface area contributed by atoms with E-state index in [-0.39, 0.29) is 12.1 Å². The molecule has 1 aromatic carbocycles. The van der Waals surface area contributed by atoms with Crippen molar-refractivity contribution in [2.75, 3.05) is 35.3 Å². The van der Waals surface area contributed by atoms with E-state index >= 15 is 0 Å². The molecule has 0 bridgehead atoms. The Balaban J connectivity index is 1.44. The number of amides is 2. The Bertz CT molecular complexity index is 964. The number of anilines is 3. The molecule has 0 saturated carbocycles. The minimum Gasteiger partial charge on any atom is -0.377 e. The van der Waals surface area contributed by atoms with Crippen molar-refractivity contribution in [2.45, 2.75) is 13.0 Å². The van der Waals surface area contributed by atoms with Crippen molar-refractivity contribution in [3.8, 4) is 11.4 Å². The summed E-state index contributed by atoms with van der Waals surface area (Å²) >= 11 is 0. The van der Waals surface area contributed by atoms with Crippen LogP contribution in [-0.4, -0.2) is 46.8 Å². The fourth-order valence-electron chi connectivity index (χ4n) is 3.15. The van der Waals surface area contributed by atoms with Gasteiger partial charge in [-0.3, -0.25) is 4.98 Å². The largest absolute Gasteiger partial charge is 0.377 e. The van der Waals surface area contributed by atoms with Crippen molar-refractivity contribution in [1.82, 2.24) is 15.0 Å². The Kier molecular flexibility index (Phi) is 5.62. The minimum absolute atomic E-state index is 0.275. The lowest BCUT2D eigenvalue weighted by molar-refractivity contribution is 0.0985. The van der Waals surface area contributed by atoms with Gasteiger partial charge in [0.25, 0.3) is 0 Å². The maximum Gasteiger partial charge on any atom is 0.323 e. The van der Waals surface area contributed by atoms with Crippen LogP contribution in [-0.2, 0) is 4.74 Å². The standard InChI is InChI=1S/C21H22N6O2/c1-15-14-29-13-12-27(15)19-8-11-23-20(26-19)16-2-4-17(5-3-16)24-21(28)25-18-6-9-22-10-7-18/h2-11,15H,12-14H2,1H3,(H2,22,24,25,28). The van der Waals surface area contributed by atoms with E-state index in [1.807, 2.05) is 30.3 Å². The van der Waals surface area contributed by atoms with Crippen LogP contribution < -0.4 is 15.5 Å². The van der Waals surface area contributed by atoms with Gasteiger partial charge in [-0.1, -0.05) is 0 Å². The van der Waals surface area contributed by atoms with Crippen molar-refractivity contribution >= 4 is 23.2 Å². The zero-order valence-electron chi connectivity index (χ0n) is 16.1. The van der Waals surface area contributed by atoms with Gasteiger partial charge in [-0.05, 0) is 49.4 Å². The molecule has 2 amide bonds. The molecule has 148 valence electrons. The van der Waals surface area contributed by atoms with Gasteiger partial charge in [0.15, 0.2) is 5.82 Å². The van der Waals surface area contributed by atoms with E-state index in [1.165, 1.54) is 0 Å². The van der Waals surface area contributed by atoms with E-state index in [4.69, 9.17) is 9.72 Å². The first-order chi connectivity index (χ1) is 14.2. The smallest absolute Gasteiger partial charge is 0.323 e. The molecule has 8 nitrogen and oxygen atoms in total. The molecule has 1 unspecified atom stereocenters. The quantitative estimate of drug-likeness (QED) is 0.709. The van der Waals surface area contributed by atoms with Crippen LogP contribution in [0.3, 0.4) is 0 Å². The highest BCUT2D eigenvalue weighted by molar-refractivity contribution is 5.99. The average molecular weight is 390 g/mol. The second-order valence-electron chi connectivity index (χ2n) is 6.75. The van der Waals surface area contributed by atoms with Crippen molar-refractivity contribution in [3.63, 3.8) is 0 Å². The number of hydrogen-bond acceptors (Lipinski definition) is 6. The van der Waals surface area contributed by atoms with E-state index < -0.39 is 0 Å². The van der Waals surface area contributed by atoms with Gasteiger partial charge in [0, 0.05) is 42.1 Å². The SMILES string of the molecule is CC1COCCN1c1ccnc(-c2ccc(NC(=O)Nc3ccncc3)cc2)n1. The van der Waals surface area contributed by atoms with Crippen LogP contribution in [0, 0.1) is 0 Å². The lowest BCUT2D eigenvalue weighted by Crippen LogP contribution is -2.44. The van der Waals surface area contributed by atoms with Gasteiger partial charge in [0.2, 0.25) is 0 Å². The lowest BCUT2D eigenvalue weighted by atomic mass is 10.2. The number of aromatic nitrogens is 3. The molecule has 0 radical (unpaired) electrons. The highest BCUT2D eigenvalue weighted by atomic mass is 16.5. The molecule has 3 heterocycles. The molecule has 8 heteroatoms. The molecule has 1 aliphatic heterocycles. The Labute approximate surface area is 169 Å². The fraction of sp³-hybridized carbons (Fsp3) is 0.238. The molecule has 2 aromatic heterocycles. The first kappa shape index (κ1) is 18.8. The Morgan fingerprint density at radius 3 is 2.48 bits per heavy atom. The highest BCUT2D eigenvalue weighted by Gasteiger charge is 2.20. The Hall–Kier alpha value is -3.52. The van der Waals surface area contributed by atoms with E-state index in [0.29, 0.717) is 30.4 Å². The second-order valence-corrected chi connectivity index (χ2v) is 6.75. The molecular weight excluding hydrogens is 368 g/mol. The van der Waals surface area contributed by atoms with Gasteiger partial charge in [0.1, 0.15) is 5.82 Å². The topological polar surface area (TPSA) is 92.3 Å². The number of carbonyl (C=O) groups excluding carboxylic acids is 1. The summed E-state index contributed by atoms with van der Waals surface area (Å²) < 4.78 is 5.50. The number of pyridine rings is 1. The molecule has 1 fully saturated rings. The first-order valence-electron chi connectivity index (χ1n) is 9.45. The third-order valence-corrected chi connectivity index (χ3v) is 4.64. The summed E-state index contributed by atoms with van der Waals surface area (Å²) in [6.07, 6.45) is 5.01. The average Bonchev–Trinajstić information content (AvgIpc) is 2.75. The summed E-state index contributed by atoms with van der Waals surface area (Å²) in [7, 11) is 0. The van der Waals surface area contributed by atoms with Crippen LogP contribution in [0.25, 0.3) is 11.4 Å². The summed E-state index contributed by atoms with van der Waals surface area (Å²) in [6, 6.07) is 12.8. The van der Waals surface area contributed by atoms with E-state index in [0.717, 1.165) is 17.9 Å². The molecule has 3 aromatic rings. The number of carbonyl (C=O) groups is 1. The number of ether oxygens (including phenoxy) is 1. The Morgan fingerprint density at radius 2 is 1.76 bits per heavy atom. The van der Waals surface area contributed by atoms with Crippen molar-refractivity contribution in [1.29, 1.82) is 0 Å². The zero-order valence-corrected chi connectivity index (χ0v) is 16.1. The second kappa shape index (κ2) is 8.66. The monoisotopic (exact) mass is 390 g/mol. The molecule has 29 heavy (non-hydrogen) atoms. The molecule has 0 spiro atoms. The van der Waals surface area contributed by atoms with Crippen LogP contribution in [0.5, 0.6) is 0 Å². The van der Waals surface area contributed by atoms with Crippen molar-refractivity contribution in [3.05, 3.63) is 61.1 Å². The minimum atomic E-state index is -0.316. The lowest BCUT2D eigenvalue weighted by Gasteiger charge is -2.34. The van der Waals surface area contributed by atoms with Crippen LogP contribution >= 0.6 is 0 Å². The number of urea groups is 1. The number of rotatable bonds is 4.